The van der Waals surface area contributed by atoms with Crippen LogP contribution < -0.4 is 0 Å². The van der Waals surface area contributed by atoms with Gasteiger partial charge in [-0.05, 0) is 96.2 Å². The maximum absolute atomic E-state index is 12.0. The van der Waals surface area contributed by atoms with E-state index in [1.54, 1.807) is 0 Å². The predicted octanol–water partition coefficient (Wildman–Crippen LogP) is 9.08. The van der Waals surface area contributed by atoms with Gasteiger partial charge in [-0.15, -0.1) is 0 Å². The molecule has 2 unspecified atom stereocenters. The highest BCUT2D eigenvalue weighted by Crippen LogP contribution is 2.55. The molecule has 0 amide bonds. The standard InChI is InChI=1S/C39H38O4/c1-5-37(40)42-27(3)21-23-39(24-22-28(4)43-38(41)6-2)35-25-31(29-13-9-7-10-14-29)17-19-33(35)34-20-18-32(26-36(34)39)30-15-11-8-12-16-30/h5-20,25-28H,1-2,21-24H2,3-4H3. The number of esters is 2. The van der Waals surface area contributed by atoms with Crippen LogP contribution in [0.5, 0.6) is 0 Å². The van der Waals surface area contributed by atoms with Crippen molar-refractivity contribution in [2.24, 2.45) is 0 Å². The van der Waals surface area contributed by atoms with Crippen molar-refractivity contribution in [3.05, 3.63) is 133 Å². The maximum atomic E-state index is 12.0. The Labute approximate surface area is 254 Å². The second-order valence-corrected chi connectivity index (χ2v) is 11.3. The van der Waals surface area contributed by atoms with Crippen LogP contribution in [0.25, 0.3) is 33.4 Å². The second-order valence-electron chi connectivity index (χ2n) is 11.3. The molecule has 0 bridgehead atoms. The maximum Gasteiger partial charge on any atom is 0.330 e. The van der Waals surface area contributed by atoms with Crippen molar-refractivity contribution in [1.82, 2.24) is 0 Å². The minimum absolute atomic E-state index is 0.291. The molecule has 0 saturated carbocycles. The minimum atomic E-state index is -0.420. The number of hydrogen-bond donors (Lipinski definition) is 0. The molecule has 0 saturated heterocycles. The van der Waals surface area contributed by atoms with E-state index in [4.69, 9.17) is 9.47 Å². The van der Waals surface area contributed by atoms with Gasteiger partial charge < -0.3 is 9.47 Å². The number of carbonyl (C=O) groups is 2. The van der Waals surface area contributed by atoms with Crippen molar-refractivity contribution in [3.63, 3.8) is 0 Å². The fraction of sp³-hybridized carbons (Fsp3) is 0.231. The van der Waals surface area contributed by atoms with Gasteiger partial charge in [0.15, 0.2) is 0 Å². The van der Waals surface area contributed by atoms with Gasteiger partial charge in [0.2, 0.25) is 0 Å². The Morgan fingerprint density at radius 3 is 1.40 bits per heavy atom. The molecular formula is C39H38O4. The molecule has 0 fully saturated rings. The molecule has 4 aromatic rings. The van der Waals surface area contributed by atoms with E-state index in [0.717, 1.165) is 35.1 Å². The summed E-state index contributed by atoms with van der Waals surface area (Å²) in [4.78, 5) is 24.1. The van der Waals surface area contributed by atoms with Gasteiger partial charge in [0.1, 0.15) is 0 Å². The first-order valence-electron chi connectivity index (χ1n) is 14.9. The lowest BCUT2D eigenvalue weighted by Gasteiger charge is -2.35. The van der Waals surface area contributed by atoms with Crippen LogP contribution in [0.15, 0.2) is 122 Å². The molecule has 4 nitrogen and oxygen atoms in total. The lowest BCUT2D eigenvalue weighted by atomic mass is 9.70. The SMILES string of the molecule is C=CC(=O)OC(C)CCC1(CCC(C)OC(=O)C=C)c2cc(-c3ccccc3)ccc2-c2ccc(-c3ccccc3)cc21. The molecule has 5 rings (SSSR count). The summed E-state index contributed by atoms with van der Waals surface area (Å²) in [5.74, 6) is -0.840. The largest absolute Gasteiger partial charge is 0.460 e. The van der Waals surface area contributed by atoms with E-state index in [2.05, 4.69) is 98.1 Å². The Hall–Kier alpha value is -4.70. The van der Waals surface area contributed by atoms with Crippen molar-refractivity contribution in [1.29, 1.82) is 0 Å². The number of benzene rings is 4. The van der Waals surface area contributed by atoms with Crippen LogP contribution >= 0.6 is 0 Å². The normalized spacial score (nSPS) is 14.1. The van der Waals surface area contributed by atoms with Crippen molar-refractivity contribution in [2.45, 2.75) is 57.2 Å². The van der Waals surface area contributed by atoms with E-state index >= 15 is 0 Å². The van der Waals surface area contributed by atoms with Crippen LogP contribution in [-0.4, -0.2) is 24.1 Å². The molecule has 0 N–H and O–H groups in total. The van der Waals surface area contributed by atoms with Crippen molar-refractivity contribution < 1.29 is 19.1 Å². The molecule has 218 valence electrons. The number of carbonyl (C=O) groups excluding carboxylic acids is 2. The van der Waals surface area contributed by atoms with E-state index in [1.165, 1.54) is 34.4 Å². The summed E-state index contributed by atoms with van der Waals surface area (Å²) >= 11 is 0. The summed E-state index contributed by atoms with van der Waals surface area (Å²) in [5.41, 5.74) is 9.13. The molecule has 0 spiro atoms. The van der Waals surface area contributed by atoms with Crippen molar-refractivity contribution >= 4 is 11.9 Å². The summed E-state index contributed by atoms with van der Waals surface area (Å²) in [6.07, 6.45) is 4.64. The fourth-order valence-corrected chi connectivity index (χ4v) is 6.29. The summed E-state index contributed by atoms with van der Waals surface area (Å²) < 4.78 is 11.2. The molecule has 0 heterocycles. The lowest BCUT2D eigenvalue weighted by molar-refractivity contribution is -0.143. The number of hydrogen-bond acceptors (Lipinski definition) is 4. The Morgan fingerprint density at radius 2 is 1.02 bits per heavy atom. The van der Waals surface area contributed by atoms with Crippen molar-refractivity contribution in [2.75, 3.05) is 0 Å². The monoisotopic (exact) mass is 570 g/mol. The first-order valence-corrected chi connectivity index (χ1v) is 14.9. The van der Waals surface area contributed by atoms with E-state index in [0.29, 0.717) is 12.8 Å². The summed E-state index contributed by atoms with van der Waals surface area (Å²) in [6, 6.07) is 34.3. The van der Waals surface area contributed by atoms with Gasteiger partial charge in [-0.25, -0.2) is 9.59 Å². The van der Waals surface area contributed by atoms with Crippen LogP contribution in [0.4, 0.5) is 0 Å². The highest BCUT2D eigenvalue weighted by molar-refractivity contribution is 5.86. The number of rotatable bonds is 12. The molecular weight excluding hydrogens is 532 g/mol. The van der Waals surface area contributed by atoms with Crippen LogP contribution in [-0.2, 0) is 24.5 Å². The van der Waals surface area contributed by atoms with Crippen LogP contribution in [0, 0.1) is 0 Å². The van der Waals surface area contributed by atoms with Crippen molar-refractivity contribution in [3.8, 4) is 33.4 Å². The quantitative estimate of drug-likeness (QED) is 0.126. The Kier molecular flexibility index (Phi) is 9.06. The van der Waals surface area contributed by atoms with Crippen LogP contribution in [0.3, 0.4) is 0 Å². The third-order valence-corrected chi connectivity index (χ3v) is 8.50. The van der Waals surface area contributed by atoms with Gasteiger partial charge >= 0.3 is 11.9 Å². The average Bonchev–Trinajstić information content (AvgIpc) is 3.31. The fourth-order valence-electron chi connectivity index (χ4n) is 6.29. The Morgan fingerprint density at radius 1 is 0.628 bits per heavy atom. The Balaban J connectivity index is 1.65. The molecule has 0 radical (unpaired) electrons. The number of ether oxygens (including phenoxy) is 2. The average molecular weight is 571 g/mol. The molecule has 43 heavy (non-hydrogen) atoms. The van der Waals surface area contributed by atoms with Gasteiger partial charge in [-0.3, -0.25) is 0 Å². The van der Waals surface area contributed by atoms with E-state index < -0.39 is 17.4 Å². The van der Waals surface area contributed by atoms with Gasteiger partial charge in [0.25, 0.3) is 0 Å². The highest BCUT2D eigenvalue weighted by atomic mass is 16.5. The molecule has 2 atom stereocenters. The first kappa shape index (κ1) is 29.8. The third-order valence-electron chi connectivity index (χ3n) is 8.50. The highest BCUT2D eigenvalue weighted by Gasteiger charge is 2.43. The van der Waals surface area contributed by atoms with Gasteiger partial charge in [0.05, 0.1) is 12.2 Å². The zero-order chi connectivity index (χ0) is 30.4. The first-order chi connectivity index (χ1) is 20.8. The molecule has 0 aliphatic heterocycles. The molecule has 4 heteroatoms. The summed E-state index contributed by atoms with van der Waals surface area (Å²) in [6.45, 7) is 11.0. The van der Waals surface area contributed by atoms with E-state index in [9.17, 15) is 9.59 Å². The second kappa shape index (κ2) is 13.1. The molecule has 1 aliphatic carbocycles. The zero-order valence-electron chi connectivity index (χ0n) is 24.9. The van der Waals surface area contributed by atoms with Gasteiger partial charge in [0, 0.05) is 17.6 Å². The Bertz CT molecular complexity index is 1500. The van der Waals surface area contributed by atoms with Crippen LogP contribution in [0.2, 0.25) is 0 Å². The predicted molar refractivity (Wildman–Crippen MR) is 173 cm³/mol. The minimum Gasteiger partial charge on any atom is -0.460 e. The smallest absolute Gasteiger partial charge is 0.330 e. The van der Waals surface area contributed by atoms with Gasteiger partial charge in [-0.1, -0.05) is 98.1 Å². The van der Waals surface area contributed by atoms with E-state index in [1.807, 2.05) is 26.0 Å². The molecule has 0 aromatic heterocycles. The van der Waals surface area contributed by atoms with Gasteiger partial charge in [-0.2, -0.15) is 0 Å². The van der Waals surface area contributed by atoms with Crippen LogP contribution in [0.1, 0.15) is 50.7 Å². The van der Waals surface area contributed by atoms with E-state index in [-0.39, 0.29) is 12.2 Å². The molecule has 4 aromatic carbocycles. The third kappa shape index (κ3) is 6.39. The summed E-state index contributed by atoms with van der Waals surface area (Å²) in [5, 5.41) is 0. The zero-order valence-corrected chi connectivity index (χ0v) is 24.9. The number of fused-ring (bicyclic) bond motifs is 3. The topological polar surface area (TPSA) is 52.6 Å². The summed E-state index contributed by atoms with van der Waals surface area (Å²) in [7, 11) is 0. The lowest BCUT2D eigenvalue weighted by Crippen LogP contribution is -2.29. The molecule has 1 aliphatic rings.